The van der Waals surface area contributed by atoms with Crippen LogP contribution in [0.1, 0.15) is 46.5 Å². The summed E-state index contributed by atoms with van der Waals surface area (Å²) in [5, 5.41) is 32.3. The Labute approximate surface area is 174 Å². The molecule has 4 aliphatic rings. The zero-order valence-electron chi connectivity index (χ0n) is 16.9. The van der Waals surface area contributed by atoms with Gasteiger partial charge in [-0.15, -0.1) is 11.6 Å². The van der Waals surface area contributed by atoms with Gasteiger partial charge in [0.2, 0.25) is 5.78 Å². The van der Waals surface area contributed by atoms with Crippen molar-refractivity contribution in [3.05, 3.63) is 23.6 Å². The summed E-state index contributed by atoms with van der Waals surface area (Å²) in [5.41, 5.74) is -3.43. The number of hydrogen-bond donors (Lipinski definition) is 3. The number of Topliss-reactive ketones (excluding diaryl/α,β-unsaturated/α-hetero) is 1. The minimum atomic E-state index is -1.76. The summed E-state index contributed by atoms with van der Waals surface area (Å²) < 4.78 is 14.7. The highest BCUT2D eigenvalue weighted by atomic mass is 35.5. The van der Waals surface area contributed by atoms with Gasteiger partial charge >= 0.3 is 0 Å². The molecule has 3 fully saturated rings. The van der Waals surface area contributed by atoms with Crippen LogP contribution in [0, 0.1) is 28.6 Å². The molecular formula is C22H28ClFO5. The lowest BCUT2D eigenvalue weighted by atomic mass is 9.45. The van der Waals surface area contributed by atoms with Crippen molar-refractivity contribution in [1.29, 1.82) is 0 Å². The van der Waals surface area contributed by atoms with Gasteiger partial charge in [0.05, 0.1) is 11.0 Å². The fourth-order valence-corrected chi connectivity index (χ4v) is 7.86. The molecule has 0 heterocycles. The quantitative estimate of drug-likeness (QED) is 0.589. The van der Waals surface area contributed by atoms with Crippen LogP contribution >= 0.6 is 11.6 Å². The molecule has 0 unspecified atom stereocenters. The van der Waals surface area contributed by atoms with Gasteiger partial charge in [0, 0.05) is 10.8 Å². The molecule has 0 aromatic carbocycles. The molecule has 0 spiro atoms. The topological polar surface area (TPSA) is 94.8 Å². The van der Waals surface area contributed by atoms with Gasteiger partial charge in [-0.1, -0.05) is 26.8 Å². The Kier molecular flexibility index (Phi) is 4.54. The minimum absolute atomic E-state index is 0.0521. The van der Waals surface area contributed by atoms with E-state index in [1.165, 1.54) is 6.08 Å². The first-order chi connectivity index (χ1) is 13.4. The van der Waals surface area contributed by atoms with Crippen LogP contribution in [-0.4, -0.2) is 50.1 Å². The van der Waals surface area contributed by atoms with E-state index in [1.807, 2.05) is 0 Å². The Hall–Kier alpha value is -1.08. The van der Waals surface area contributed by atoms with E-state index in [0.29, 0.717) is 24.8 Å². The summed E-state index contributed by atoms with van der Waals surface area (Å²) in [6, 6.07) is 0. The molecule has 4 aliphatic carbocycles. The molecule has 160 valence electrons. The number of aliphatic hydroxyl groups is 3. The van der Waals surface area contributed by atoms with E-state index < -0.39 is 57.3 Å². The first-order valence-corrected chi connectivity index (χ1v) is 10.6. The van der Waals surface area contributed by atoms with Crippen molar-refractivity contribution in [3.8, 4) is 0 Å². The molecular weight excluding hydrogens is 399 g/mol. The van der Waals surface area contributed by atoms with Gasteiger partial charge in [-0.25, -0.2) is 4.39 Å². The average molecular weight is 427 g/mol. The second-order valence-electron chi connectivity index (χ2n) is 9.83. The van der Waals surface area contributed by atoms with E-state index in [9.17, 15) is 29.3 Å². The molecule has 7 heteroatoms. The SMILES string of the molecule is C[C@H]1C[C@H]2[C@@H]3CCC4=C(F)C(=O)C=C[C@]4(C)[C@@]3(Cl)[C@@H](O)C[C@]2(C)[C@@]1(O)C(=O)CO. The Morgan fingerprint density at radius 3 is 2.62 bits per heavy atom. The molecule has 5 nitrogen and oxygen atoms in total. The van der Waals surface area contributed by atoms with Gasteiger partial charge in [0.15, 0.2) is 11.6 Å². The second kappa shape index (κ2) is 6.22. The lowest BCUT2D eigenvalue weighted by Gasteiger charge is -2.63. The number of halogens is 2. The summed E-state index contributed by atoms with van der Waals surface area (Å²) in [6.07, 6.45) is 3.02. The fraction of sp³-hybridized carbons (Fsp3) is 0.727. The van der Waals surface area contributed by atoms with Gasteiger partial charge in [-0.05, 0) is 55.1 Å². The number of ketones is 2. The number of alkyl halides is 1. The maximum Gasteiger partial charge on any atom is 0.213 e. The predicted molar refractivity (Wildman–Crippen MR) is 105 cm³/mol. The molecule has 0 bridgehead atoms. The number of hydrogen-bond acceptors (Lipinski definition) is 5. The molecule has 3 N–H and O–H groups in total. The van der Waals surface area contributed by atoms with Crippen LogP contribution < -0.4 is 0 Å². The number of aliphatic hydroxyl groups excluding tert-OH is 2. The molecule has 0 saturated heterocycles. The lowest BCUT2D eigenvalue weighted by Crippen LogP contribution is -2.69. The van der Waals surface area contributed by atoms with Gasteiger partial charge in [0.1, 0.15) is 12.2 Å². The molecule has 0 amide bonds. The van der Waals surface area contributed by atoms with Crippen molar-refractivity contribution >= 4 is 23.2 Å². The predicted octanol–water partition coefficient (Wildman–Crippen LogP) is 2.46. The smallest absolute Gasteiger partial charge is 0.213 e. The summed E-state index contributed by atoms with van der Waals surface area (Å²) in [7, 11) is 0. The van der Waals surface area contributed by atoms with E-state index in [4.69, 9.17) is 11.6 Å². The summed E-state index contributed by atoms with van der Waals surface area (Å²) in [4.78, 5) is 23.2. The van der Waals surface area contributed by atoms with Gasteiger partial charge < -0.3 is 15.3 Å². The first kappa shape index (κ1) is 21.2. The molecule has 3 saturated carbocycles. The van der Waals surface area contributed by atoms with Crippen molar-refractivity contribution in [1.82, 2.24) is 0 Å². The van der Waals surface area contributed by atoms with Crippen LogP contribution in [0.15, 0.2) is 23.6 Å². The first-order valence-electron chi connectivity index (χ1n) is 10.3. The summed E-state index contributed by atoms with van der Waals surface area (Å²) in [6.45, 7) is 4.58. The zero-order chi connectivity index (χ0) is 21.6. The van der Waals surface area contributed by atoms with E-state index in [1.54, 1.807) is 26.8 Å². The second-order valence-corrected chi connectivity index (χ2v) is 10.5. The highest BCUT2D eigenvalue weighted by Crippen LogP contribution is 2.71. The average Bonchev–Trinajstić information content (AvgIpc) is 2.87. The fourth-order valence-electron chi connectivity index (χ4n) is 7.34. The largest absolute Gasteiger partial charge is 0.391 e. The van der Waals surface area contributed by atoms with Crippen LogP contribution in [0.5, 0.6) is 0 Å². The van der Waals surface area contributed by atoms with Crippen molar-refractivity contribution in [2.45, 2.75) is 63.0 Å². The Bertz CT molecular complexity index is 854. The maximum atomic E-state index is 14.7. The number of allylic oxidation sites excluding steroid dienone is 4. The Morgan fingerprint density at radius 2 is 2.00 bits per heavy atom. The Balaban J connectivity index is 1.86. The van der Waals surface area contributed by atoms with Gasteiger partial charge in [-0.3, -0.25) is 9.59 Å². The van der Waals surface area contributed by atoms with Crippen LogP contribution in [0.2, 0.25) is 0 Å². The third-order valence-corrected chi connectivity index (χ3v) is 9.81. The normalized spacial score (nSPS) is 51.5. The van der Waals surface area contributed by atoms with Gasteiger partial charge in [0.25, 0.3) is 0 Å². The number of carbonyl (C=O) groups excluding carboxylic acids is 2. The molecule has 8 atom stereocenters. The minimum Gasteiger partial charge on any atom is -0.391 e. The molecule has 0 aromatic heterocycles. The molecule has 29 heavy (non-hydrogen) atoms. The number of rotatable bonds is 2. The van der Waals surface area contributed by atoms with Crippen LogP contribution in [0.25, 0.3) is 0 Å². The van der Waals surface area contributed by atoms with Crippen LogP contribution in [0.3, 0.4) is 0 Å². The monoisotopic (exact) mass is 426 g/mol. The molecule has 0 aliphatic heterocycles. The van der Waals surface area contributed by atoms with Crippen LogP contribution in [-0.2, 0) is 9.59 Å². The van der Waals surface area contributed by atoms with E-state index >= 15 is 0 Å². The number of carbonyl (C=O) groups is 2. The molecule has 0 aromatic rings. The highest BCUT2D eigenvalue weighted by Gasteiger charge is 2.74. The lowest BCUT2D eigenvalue weighted by molar-refractivity contribution is -0.179. The van der Waals surface area contributed by atoms with Crippen molar-refractivity contribution < 1.29 is 29.3 Å². The third kappa shape index (κ3) is 2.21. The van der Waals surface area contributed by atoms with Crippen molar-refractivity contribution in [3.63, 3.8) is 0 Å². The highest BCUT2D eigenvalue weighted by molar-refractivity contribution is 6.26. The van der Waals surface area contributed by atoms with Crippen molar-refractivity contribution in [2.75, 3.05) is 6.61 Å². The van der Waals surface area contributed by atoms with E-state index in [0.717, 1.165) is 0 Å². The third-order valence-electron chi connectivity index (χ3n) is 8.88. The van der Waals surface area contributed by atoms with E-state index in [-0.39, 0.29) is 18.3 Å². The van der Waals surface area contributed by atoms with Crippen LogP contribution in [0.4, 0.5) is 4.39 Å². The standard InChI is InChI=1S/C22H28ClFO5/c1-11-8-14-12-4-5-13-18(24)15(26)6-7-19(13,2)21(12,23)16(27)9-20(14,3)22(11,29)17(28)10-25/h6-7,11-12,14,16,25,27,29H,4-5,8-10H2,1-3H3/t11-,12-,14-,16-,19-,20-,21-,22-/m0/s1. The summed E-state index contributed by atoms with van der Waals surface area (Å²) in [5.74, 6) is -2.99. The zero-order valence-corrected chi connectivity index (χ0v) is 17.7. The maximum absolute atomic E-state index is 14.7. The number of fused-ring (bicyclic) bond motifs is 5. The van der Waals surface area contributed by atoms with Crippen molar-refractivity contribution in [2.24, 2.45) is 28.6 Å². The molecule has 0 radical (unpaired) electrons. The Morgan fingerprint density at radius 1 is 1.34 bits per heavy atom. The summed E-state index contributed by atoms with van der Waals surface area (Å²) >= 11 is 7.21. The van der Waals surface area contributed by atoms with E-state index in [2.05, 4.69) is 0 Å². The molecule has 4 rings (SSSR count). The van der Waals surface area contributed by atoms with Gasteiger partial charge in [-0.2, -0.15) is 0 Å².